The Hall–Kier alpha value is -1.65. The molecule has 0 amide bonds. The molecule has 1 aromatic heterocycles. The third kappa shape index (κ3) is 2.49. The summed E-state index contributed by atoms with van der Waals surface area (Å²) in [4.78, 5) is 11.5. The summed E-state index contributed by atoms with van der Waals surface area (Å²) in [5.41, 5.74) is 0. The molecule has 1 N–H and O–H groups in total. The van der Waals surface area contributed by atoms with Gasteiger partial charge >= 0.3 is 5.97 Å². The molecule has 2 aliphatic rings. The van der Waals surface area contributed by atoms with Gasteiger partial charge in [0.2, 0.25) is 0 Å². The van der Waals surface area contributed by atoms with E-state index in [1.54, 1.807) is 6.33 Å². The van der Waals surface area contributed by atoms with E-state index in [0.29, 0.717) is 12.5 Å². The second kappa shape index (κ2) is 5.77. The maximum Gasteiger partial charge on any atom is 0.307 e. The van der Waals surface area contributed by atoms with Crippen molar-refractivity contribution in [2.45, 2.75) is 56.9 Å². The Morgan fingerprint density at radius 2 is 1.95 bits per heavy atom. The highest BCUT2D eigenvalue weighted by Gasteiger charge is 2.34. The fourth-order valence-electron chi connectivity index (χ4n) is 3.53. The van der Waals surface area contributed by atoms with Crippen LogP contribution in [0.2, 0.25) is 0 Å². The number of aliphatic carboxylic acids is 1. The monoisotopic (exact) mass is 275 g/mol. The zero-order chi connectivity index (χ0) is 13.9. The quantitative estimate of drug-likeness (QED) is 0.861. The van der Waals surface area contributed by atoms with Crippen LogP contribution in [0.25, 0.3) is 0 Å². The van der Waals surface area contributed by atoms with Crippen LogP contribution in [-0.4, -0.2) is 25.8 Å². The average molecular weight is 275 g/mol. The van der Waals surface area contributed by atoms with E-state index in [1.165, 1.54) is 19.3 Å². The van der Waals surface area contributed by atoms with Crippen molar-refractivity contribution in [2.24, 2.45) is 5.92 Å². The smallest absolute Gasteiger partial charge is 0.307 e. The molecule has 1 aromatic rings. The van der Waals surface area contributed by atoms with Crippen LogP contribution in [0.3, 0.4) is 0 Å². The molecule has 5 heteroatoms. The van der Waals surface area contributed by atoms with E-state index < -0.39 is 5.97 Å². The van der Waals surface area contributed by atoms with Crippen LogP contribution in [0.15, 0.2) is 18.5 Å². The Kier molecular flexibility index (Phi) is 3.85. The predicted molar refractivity (Wildman–Crippen MR) is 74.4 cm³/mol. The maximum atomic E-state index is 11.5. The lowest BCUT2D eigenvalue weighted by Crippen LogP contribution is -2.27. The molecular formula is C15H21N3O2. The zero-order valence-electron chi connectivity index (χ0n) is 11.6. The van der Waals surface area contributed by atoms with Crippen LogP contribution in [0, 0.1) is 5.92 Å². The first kappa shape index (κ1) is 13.3. The van der Waals surface area contributed by atoms with E-state index >= 15 is 0 Å². The topological polar surface area (TPSA) is 68.0 Å². The second-order valence-corrected chi connectivity index (χ2v) is 5.88. The van der Waals surface area contributed by atoms with Crippen molar-refractivity contribution < 1.29 is 9.90 Å². The van der Waals surface area contributed by atoms with Gasteiger partial charge in [0.15, 0.2) is 0 Å². The number of carboxylic acid groups (broad SMARTS) is 1. The van der Waals surface area contributed by atoms with Gasteiger partial charge in [-0.2, -0.15) is 0 Å². The molecule has 0 bridgehead atoms. The average Bonchev–Trinajstić information content (AvgIpc) is 2.97. The van der Waals surface area contributed by atoms with Crippen LogP contribution < -0.4 is 0 Å². The Labute approximate surface area is 118 Å². The van der Waals surface area contributed by atoms with Gasteiger partial charge in [-0.1, -0.05) is 31.4 Å². The van der Waals surface area contributed by atoms with Gasteiger partial charge in [-0.3, -0.25) is 4.79 Å². The number of carboxylic acids is 1. The van der Waals surface area contributed by atoms with Crippen molar-refractivity contribution in [3.8, 4) is 0 Å². The summed E-state index contributed by atoms with van der Waals surface area (Å²) in [6.45, 7) is 0. The number of aromatic nitrogens is 3. The molecule has 0 unspecified atom stereocenters. The lowest BCUT2D eigenvalue weighted by Gasteiger charge is -2.29. The lowest BCUT2D eigenvalue weighted by molar-refractivity contribution is -0.142. The van der Waals surface area contributed by atoms with E-state index in [1.807, 2.05) is 6.08 Å². The summed E-state index contributed by atoms with van der Waals surface area (Å²) >= 11 is 0. The molecule has 0 radical (unpaired) electrons. The number of hydrogen-bond donors (Lipinski definition) is 1. The summed E-state index contributed by atoms with van der Waals surface area (Å²) in [7, 11) is 0. The maximum absolute atomic E-state index is 11.5. The Morgan fingerprint density at radius 3 is 2.70 bits per heavy atom. The van der Waals surface area contributed by atoms with Crippen LogP contribution in [0.4, 0.5) is 0 Å². The predicted octanol–water partition coefficient (Wildman–Crippen LogP) is 2.92. The Bertz CT molecular complexity index is 503. The van der Waals surface area contributed by atoms with E-state index in [2.05, 4.69) is 20.8 Å². The first-order valence-electron chi connectivity index (χ1n) is 7.54. The summed E-state index contributed by atoms with van der Waals surface area (Å²) < 4.78 is 2.15. The van der Waals surface area contributed by atoms with Crippen molar-refractivity contribution in [3.63, 3.8) is 0 Å². The largest absolute Gasteiger partial charge is 0.481 e. The van der Waals surface area contributed by atoms with Crippen molar-refractivity contribution in [2.75, 3.05) is 0 Å². The van der Waals surface area contributed by atoms with E-state index in [9.17, 15) is 9.90 Å². The molecule has 0 aromatic carbocycles. The van der Waals surface area contributed by atoms with Gasteiger partial charge in [0.25, 0.3) is 0 Å². The van der Waals surface area contributed by atoms with Gasteiger partial charge in [0.1, 0.15) is 12.2 Å². The van der Waals surface area contributed by atoms with Gasteiger partial charge in [0, 0.05) is 12.0 Å². The van der Waals surface area contributed by atoms with Gasteiger partial charge in [-0.15, -0.1) is 10.2 Å². The highest BCUT2D eigenvalue weighted by molar-refractivity contribution is 5.71. The molecule has 3 rings (SSSR count). The van der Waals surface area contributed by atoms with E-state index in [-0.39, 0.29) is 11.8 Å². The van der Waals surface area contributed by atoms with Gasteiger partial charge < -0.3 is 9.67 Å². The van der Waals surface area contributed by atoms with Gasteiger partial charge in [-0.05, 0) is 25.7 Å². The van der Waals surface area contributed by atoms with Crippen molar-refractivity contribution >= 4 is 5.97 Å². The summed E-state index contributed by atoms with van der Waals surface area (Å²) in [6.07, 6.45) is 13.3. The summed E-state index contributed by atoms with van der Waals surface area (Å²) in [6, 6.07) is 0.453. The van der Waals surface area contributed by atoms with Gasteiger partial charge in [-0.25, -0.2) is 0 Å². The molecule has 1 heterocycles. The van der Waals surface area contributed by atoms with Crippen LogP contribution in [0.1, 0.15) is 62.7 Å². The number of hydrogen-bond acceptors (Lipinski definition) is 3. The minimum absolute atomic E-state index is 0.0399. The van der Waals surface area contributed by atoms with Crippen molar-refractivity contribution in [1.29, 1.82) is 0 Å². The molecule has 1 fully saturated rings. The fourth-order valence-corrected chi connectivity index (χ4v) is 3.53. The van der Waals surface area contributed by atoms with E-state index in [0.717, 1.165) is 25.1 Å². The highest BCUT2D eigenvalue weighted by atomic mass is 16.4. The first-order chi connectivity index (χ1) is 9.77. The molecule has 20 heavy (non-hydrogen) atoms. The molecule has 0 aliphatic heterocycles. The standard InChI is InChI=1S/C15H21N3O2/c19-15(20)13-9-5-4-8-12(13)14-17-16-10-18(14)11-6-2-1-3-7-11/h4-5,10-13H,1-3,6-9H2,(H,19,20)/t12-,13+/m1/s1. The molecule has 0 saturated heterocycles. The first-order valence-corrected chi connectivity index (χ1v) is 7.54. The van der Waals surface area contributed by atoms with Crippen LogP contribution in [-0.2, 0) is 4.79 Å². The number of nitrogens with zero attached hydrogens (tertiary/aromatic N) is 3. The van der Waals surface area contributed by atoms with Crippen molar-refractivity contribution in [3.05, 3.63) is 24.3 Å². The fraction of sp³-hybridized carbons (Fsp3) is 0.667. The normalized spacial score (nSPS) is 27.6. The number of carbonyl (C=O) groups is 1. The highest BCUT2D eigenvalue weighted by Crippen LogP contribution is 2.37. The molecule has 108 valence electrons. The summed E-state index contributed by atoms with van der Waals surface area (Å²) in [5.74, 6) is -0.264. The molecular weight excluding hydrogens is 254 g/mol. The molecule has 2 aliphatic carbocycles. The minimum atomic E-state index is -0.724. The summed E-state index contributed by atoms with van der Waals surface area (Å²) in [5, 5.41) is 17.7. The Balaban J connectivity index is 1.87. The molecule has 0 spiro atoms. The van der Waals surface area contributed by atoms with E-state index in [4.69, 9.17) is 0 Å². The lowest BCUT2D eigenvalue weighted by atomic mass is 9.82. The second-order valence-electron chi connectivity index (χ2n) is 5.88. The van der Waals surface area contributed by atoms with Crippen molar-refractivity contribution in [1.82, 2.24) is 14.8 Å². The third-order valence-electron chi connectivity index (χ3n) is 4.65. The number of rotatable bonds is 3. The van der Waals surface area contributed by atoms with Crippen LogP contribution >= 0.6 is 0 Å². The van der Waals surface area contributed by atoms with Crippen LogP contribution in [0.5, 0.6) is 0 Å². The molecule has 5 nitrogen and oxygen atoms in total. The Morgan fingerprint density at radius 1 is 1.20 bits per heavy atom. The zero-order valence-corrected chi connectivity index (χ0v) is 11.6. The molecule has 1 saturated carbocycles. The SMILES string of the molecule is O=C(O)[C@H]1CC=CC[C@H]1c1nncn1C1CCCCC1. The third-order valence-corrected chi connectivity index (χ3v) is 4.65. The molecule has 2 atom stereocenters. The number of allylic oxidation sites excluding steroid dienone is 2. The minimum Gasteiger partial charge on any atom is -0.481 e. The van der Waals surface area contributed by atoms with Gasteiger partial charge in [0.05, 0.1) is 5.92 Å².